The number of H-pyrrole nitrogens is 1. The zero-order chi connectivity index (χ0) is 14.3. The SMILES string of the molecule is COC(=O)C(C)(C)c1ccc2c(c1)[nH]c1ccncc12. The Kier molecular flexibility index (Phi) is 2.74. The first kappa shape index (κ1) is 12.7. The van der Waals surface area contributed by atoms with Crippen molar-refractivity contribution in [2.24, 2.45) is 0 Å². The lowest BCUT2D eigenvalue weighted by atomic mass is 9.84. The van der Waals surface area contributed by atoms with E-state index in [1.165, 1.54) is 7.11 Å². The fourth-order valence-corrected chi connectivity index (χ4v) is 2.51. The largest absolute Gasteiger partial charge is 0.468 e. The van der Waals surface area contributed by atoms with Crippen LogP contribution < -0.4 is 0 Å². The van der Waals surface area contributed by atoms with Crippen LogP contribution in [0.1, 0.15) is 19.4 Å². The molecule has 0 aliphatic carbocycles. The van der Waals surface area contributed by atoms with E-state index in [0.29, 0.717) is 0 Å². The second kappa shape index (κ2) is 4.34. The Labute approximate surface area is 116 Å². The van der Waals surface area contributed by atoms with Crippen molar-refractivity contribution in [3.63, 3.8) is 0 Å². The lowest BCUT2D eigenvalue weighted by Gasteiger charge is -2.21. The van der Waals surface area contributed by atoms with E-state index in [9.17, 15) is 4.79 Å². The monoisotopic (exact) mass is 268 g/mol. The molecule has 0 aliphatic rings. The van der Waals surface area contributed by atoms with E-state index in [4.69, 9.17) is 4.74 Å². The van der Waals surface area contributed by atoms with Crippen LogP contribution in [-0.2, 0) is 14.9 Å². The fourth-order valence-electron chi connectivity index (χ4n) is 2.51. The Morgan fingerprint density at radius 3 is 2.75 bits per heavy atom. The van der Waals surface area contributed by atoms with Gasteiger partial charge in [0.25, 0.3) is 0 Å². The molecule has 3 aromatic rings. The minimum atomic E-state index is -0.668. The number of aromatic nitrogens is 2. The van der Waals surface area contributed by atoms with E-state index in [2.05, 4.69) is 9.97 Å². The molecule has 0 bridgehead atoms. The fraction of sp³-hybridized carbons (Fsp3) is 0.250. The lowest BCUT2D eigenvalue weighted by Crippen LogP contribution is -2.30. The maximum Gasteiger partial charge on any atom is 0.315 e. The number of aromatic amines is 1. The maximum atomic E-state index is 11.9. The molecule has 1 N–H and O–H groups in total. The van der Waals surface area contributed by atoms with Crippen molar-refractivity contribution in [1.82, 2.24) is 9.97 Å². The molecule has 0 amide bonds. The molecule has 1 aromatic carbocycles. The van der Waals surface area contributed by atoms with Gasteiger partial charge in [-0.05, 0) is 31.5 Å². The van der Waals surface area contributed by atoms with Crippen LogP contribution in [0.4, 0.5) is 0 Å². The molecular weight excluding hydrogens is 252 g/mol. The number of benzene rings is 1. The summed E-state index contributed by atoms with van der Waals surface area (Å²) in [5.74, 6) is -0.241. The Morgan fingerprint density at radius 1 is 1.20 bits per heavy atom. The van der Waals surface area contributed by atoms with Gasteiger partial charge < -0.3 is 9.72 Å². The number of hydrogen-bond donors (Lipinski definition) is 1. The van der Waals surface area contributed by atoms with Crippen LogP contribution in [0.15, 0.2) is 36.7 Å². The number of nitrogens with zero attached hydrogens (tertiary/aromatic N) is 1. The number of hydrogen-bond acceptors (Lipinski definition) is 3. The van der Waals surface area contributed by atoms with Crippen molar-refractivity contribution in [1.29, 1.82) is 0 Å². The van der Waals surface area contributed by atoms with Crippen LogP contribution >= 0.6 is 0 Å². The van der Waals surface area contributed by atoms with Gasteiger partial charge in [0, 0.05) is 34.2 Å². The molecule has 0 unspecified atom stereocenters. The molecule has 4 heteroatoms. The van der Waals surface area contributed by atoms with Gasteiger partial charge >= 0.3 is 5.97 Å². The summed E-state index contributed by atoms with van der Waals surface area (Å²) in [7, 11) is 1.41. The summed E-state index contributed by atoms with van der Waals surface area (Å²) in [4.78, 5) is 19.4. The molecule has 0 saturated heterocycles. The number of nitrogens with one attached hydrogen (secondary N) is 1. The molecule has 0 saturated carbocycles. The molecule has 2 heterocycles. The average molecular weight is 268 g/mol. The van der Waals surface area contributed by atoms with Crippen molar-refractivity contribution in [2.75, 3.05) is 7.11 Å². The summed E-state index contributed by atoms with van der Waals surface area (Å²) < 4.78 is 4.88. The first-order valence-electron chi connectivity index (χ1n) is 6.48. The van der Waals surface area contributed by atoms with Crippen molar-refractivity contribution < 1.29 is 9.53 Å². The highest BCUT2D eigenvalue weighted by Crippen LogP contribution is 2.30. The summed E-state index contributed by atoms with van der Waals surface area (Å²) >= 11 is 0. The van der Waals surface area contributed by atoms with Gasteiger partial charge in [0.1, 0.15) is 0 Å². The first-order chi connectivity index (χ1) is 9.54. The Bertz CT molecular complexity index is 802. The second-order valence-corrected chi connectivity index (χ2v) is 5.42. The summed E-state index contributed by atoms with van der Waals surface area (Å²) in [6.45, 7) is 3.73. The van der Waals surface area contributed by atoms with E-state index in [-0.39, 0.29) is 5.97 Å². The molecule has 0 spiro atoms. The quantitative estimate of drug-likeness (QED) is 0.726. The van der Waals surface area contributed by atoms with Gasteiger partial charge in [-0.3, -0.25) is 9.78 Å². The average Bonchev–Trinajstić information content (AvgIpc) is 2.83. The van der Waals surface area contributed by atoms with Crippen molar-refractivity contribution in [2.45, 2.75) is 19.3 Å². The molecule has 20 heavy (non-hydrogen) atoms. The van der Waals surface area contributed by atoms with Crippen molar-refractivity contribution in [3.8, 4) is 0 Å². The summed E-state index contributed by atoms with van der Waals surface area (Å²) in [5, 5.41) is 2.20. The molecule has 102 valence electrons. The van der Waals surface area contributed by atoms with E-state index < -0.39 is 5.41 Å². The Hall–Kier alpha value is -2.36. The summed E-state index contributed by atoms with van der Waals surface area (Å²) in [6, 6.07) is 7.95. The number of carbonyl (C=O) groups excluding carboxylic acids is 1. The van der Waals surface area contributed by atoms with Crippen molar-refractivity contribution in [3.05, 3.63) is 42.2 Å². The third kappa shape index (κ3) is 1.76. The standard InChI is InChI=1S/C16H16N2O2/c1-16(2,15(19)20-3)10-4-5-11-12-9-17-7-6-13(12)18-14(11)8-10/h4-9,18H,1-3H3. The molecule has 0 fully saturated rings. The molecule has 3 rings (SSSR count). The van der Waals surface area contributed by atoms with Crippen LogP contribution in [0.5, 0.6) is 0 Å². The van der Waals surface area contributed by atoms with Gasteiger partial charge in [-0.2, -0.15) is 0 Å². The molecule has 0 atom stereocenters. The van der Waals surface area contributed by atoms with Gasteiger partial charge in [-0.15, -0.1) is 0 Å². The Balaban J connectivity index is 2.21. The van der Waals surface area contributed by atoms with Gasteiger partial charge in [-0.25, -0.2) is 0 Å². The van der Waals surface area contributed by atoms with Crippen LogP contribution in [0.25, 0.3) is 21.8 Å². The van der Waals surface area contributed by atoms with E-state index in [1.54, 1.807) is 6.20 Å². The third-order valence-corrected chi connectivity index (χ3v) is 3.82. The molecular formula is C16H16N2O2. The minimum Gasteiger partial charge on any atom is -0.468 e. The molecule has 2 aromatic heterocycles. The number of rotatable bonds is 2. The van der Waals surface area contributed by atoms with Crippen molar-refractivity contribution >= 4 is 27.8 Å². The van der Waals surface area contributed by atoms with Gasteiger partial charge in [0.2, 0.25) is 0 Å². The van der Waals surface area contributed by atoms with Crippen LogP contribution in [0, 0.1) is 0 Å². The highest BCUT2D eigenvalue weighted by molar-refractivity contribution is 6.07. The van der Waals surface area contributed by atoms with Gasteiger partial charge in [0.15, 0.2) is 0 Å². The second-order valence-electron chi connectivity index (χ2n) is 5.42. The van der Waals surface area contributed by atoms with E-state index >= 15 is 0 Å². The lowest BCUT2D eigenvalue weighted by molar-refractivity contribution is -0.146. The predicted molar refractivity (Wildman–Crippen MR) is 78.6 cm³/mol. The number of methoxy groups -OCH3 is 1. The highest BCUT2D eigenvalue weighted by atomic mass is 16.5. The topological polar surface area (TPSA) is 55.0 Å². The Morgan fingerprint density at radius 2 is 2.00 bits per heavy atom. The van der Waals surface area contributed by atoms with Crippen LogP contribution in [0.3, 0.4) is 0 Å². The van der Waals surface area contributed by atoms with Crippen LogP contribution in [0.2, 0.25) is 0 Å². The maximum absolute atomic E-state index is 11.9. The highest BCUT2D eigenvalue weighted by Gasteiger charge is 2.31. The number of esters is 1. The first-order valence-corrected chi connectivity index (χ1v) is 6.48. The normalized spacial score (nSPS) is 11.9. The third-order valence-electron chi connectivity index (χ3n) is 3.82. The predicted octanol–water partition coefficient (Wildman–Crippen LogP) is 3.17. The van der Waals surface area contributed by atoms with E-state index in [1.807, 2.05) is 44.3 Å². The molecule has 0 radical (unpaired) electrons. The zero-order valence-corrected chi connectivity index (χ0v) is 11.7. The van der Waals surface area contributed by atoms with E-state index in [0.717, 1.165) is 27.4 Å². The number of ether oxygens (including phenoxy) is 1. The minimum absolute atomic E-state index is 0.241. The number of pyridine rings is 1. The number of carbonyl (C=O) groups is 1. The molecule has 0 aliphatic heterocycles. The number of fused-ring (bicyclic) bond motifs is 3. The molecule has 4 nitrogen and oxygen atoms in total. The summed E-state index contributed by atoms with van der Waals surface area (Å²) in [5.41, 5.74) is 2.31. The smallest absolute Gasteiger partial charge is 0.315 e. The van der Waals surface area contributed by atoms with Crippen LogP contribution in [-0.4, -0.2) is 23.0 Å². The van der Waals surface area contributed by atoms with Gasteiger partial charge in [0.05, 0.1) is 12.5 Å². The summed E-state index contributed by atoms with van der Waals surface area (Å²) in [6.07, 6.45) is 3.61. The van der Waals surface area contributed by atoms with Gasteiger partial charge in [-0.1, -0.05) is 12.1 Å². The zero-order valence-electron chi connectivity index (χ0n) is 11.7.